The zero-order valence-corrected chi connectivity index (χ0v) is 11.8. The number of rotatable bonds is 3. The topological polar surface area (TPSA) is 41.9 Å². The maximum absolute atomic E-state index is 5.95. The summed E-state index contributed by atoms with van der Waals surface area (Å²) >= 11 is 7.57. The molecule has 4 nitrogen and oxygen atoms in total. The Hall–Kier alpha value is -0.550. The molecule has 1 aliphatic heterocycles. The lowest BCUT2D eigenvalue weighted by Crippen LogP contribution is -2.31. The summed E-state index contributed by atoms with van der Waals surface area (Å²) in [5.74, 6) is 0.729. The van der Waals surface area contributed by atoms with E-state index in [1.807, 2.05) is 0 Å². The highest BCUT2D eigenvalue weighted by Gasteiger charge is 2.16. The van der Waals surface area contributed by atoms with Crippen LogP contribution in [0.25, 0.3) is 0 Å². The molecule has 0 N–H and O–H groups in total. The summed E-state index contributed by atoms with van der Waals surface area (Å²) in [5, 5.41) is 1.46. The van der Waals surface area contributed by atoms with Crippen LogP contribution in [0.3, 0.4) is 0 Å². The molecule has 0 spiro atoms. The molecule has 0 atom stereocenters. The van der Waals surface area contributed by atoms with Crippen LogP contribution in [-0.2, 0) is 0 Å². The first kappa shape index (κ1) is 12.9. The fourth-order valence-corrected chi connectivity index (χ4v) is 2.72. The Morgan fingerprint density at radius 3 is 2.47 bits per heavy atom. The number of nitrogens with zero attached hydrogens (tertiary/aromatic N) is 4. The van der Waals surface area contributed by atoms with Gasteiger partial charge in [-0.2, -0.15) is 15.0 Å². The Balaban J connectivity index is 2.18. The van der Waals surface area contributed by atoms with Gasteiger partial charge in [0.2, 0.25) is 11.2 Å². The van der Waals surface area contributed by atoms with Crippen molar-refractivity contribution < 1.29 is 0 Å². The third kappa shape index (κ3) is 3.71. The first-order chi connectivity index (χ1) is 8.15. The second kappa shape index (κ2) is 5.87. The average Bonchev–Trinajstić information content (AvgIpc) is 2.28. The van der Waals surface area contributed by atoms with Gasteiger partial charge in [-0.05, 0) is 30.9 Å². The van der Waals surface area contributed by atoms with Gasteiger partial charge < -0.3 is 4.90 Å². The predicted molar refractivity (Wildman–Crippen MR) is 71.9 cm³/mol. The fourth-order valence-electron chi connectivity index (χ4n) is 1.82. The van der Waals surface area contributed by atoms with E-state index in [4.69, 9.17) is 11.6 Å². The van der Waals surface area contributed by atoms with Crippen LogP contribution in [0, 0.1) is 0 Å². The lowest BCUT2D eigenvalue weighted by molar-refractivity contribution is 0.564. The molecule has 0 amide bonds. The standard InChI is InChI=1S/C11H17ClN4S/c1-8(2)17-11-14-9(12)13-10(15-11)16-6-4-3-5-7-16/h8H,3-7H2,1-2H3. The number of hydrogen-bond donors (Lipinski definition) is 0. The van der Waals surface area contributed by atoms with Crippen molar-refractivity contribution in [2.24, 2.45) is 0 Å². The second-order valence-electron chi connectivity index (χ2n) is 4.40. The van der Waals surface area contributed by atoms with Crippen LogP contribution in [0.5, 0.6) is 0 Å². The molecule has 0 aromatic carbocycles. The zero-order valence-electron chi connectivity index (χ0n) is 10.2. The minimum atomic E-state index is 0.295. The highest BCUT2D eigenvalue weighted by atomic mass is 35.5. The minimum absolute atomic E-state index is 0.295. The molecule has 0 saturated carbocycles. The van der Waals surface area contributed by atoms with Gasteiger partial charge in [-0.1, -0.05) is 25.6 Å². The van der Waals surface area contributed by atoms with Gasteiger partial charge in [-0.15, -0.1) is 0 Å². The van der Waals surface area contributed by atoms with Crippen LogP contribution >= 0.6 is 23.4 Å². The molecule has 6 heteroatoms. The van der Waals surface area contributed by atoms with Crippen molar-refractivity contribution in [3.8, 4) is 0 Å². The smallest absolute Gasteiger partial charge is 0.230 e. The van der Waals surface area contributed by atoms with Crippen LogP contribution in [-0.4, -0.2) is 33.3 Å². The molecule has 0 unspecified atom stereocenters. The van der Waals surface area contributed by atoms with Crippen molar-refractivity contribution in [1.82, 2.24) is 15.0 Å². The van der Waals surface area contributed by atoms with Crippen molar-refractivity contribution in [3.63, 3.8) is 0 Å². The summed E-state index contributed by atoms with van der Waals surface area (Å²) in [6, 6.07) is 0. The molecule has 2 heterocycles. The van der Waals surface area contributed by atoms with E-state index in [9.17, 15) is 0 Å². The molecule has 0 radical (unpaired) electrons. The summed E-state index contributed by atoms with van der Waals surface area (Å²) in [4.78, 5) is 15.0. The van der Waals surface area contributed by atoms with Gasteiger partial charge in [0.1, 0.15) is 0 Å². The molecule has 1 aliphatic rings. The Labute approximate surface area is 111 Å². The molecule has 0 aliphatic carbocycles. The summed E-state index contributed by atoms with van der Waals surface area (Å²) in [6.07, 6.45) is 3.70. The largest absolute Gasteiger partial charge is 0.341 e. The lowest BCUT2D eigenvalue weighted by Gasteiger charge is -2.26. The van der Waals surface area contributed by atoms with Crippen LogP contribution in [0.15, 0.2) is 5.16 Å². The molecule has 1 aromatic rings. The Morgan fingerprint density at radius 2 is 1.82 bits per heavy atom. The van der Waals surface area contributed by atoms with Gasteiger partial charge >= 0.3 is 0 Å². The van der Waals surface area contributed by atoms with Gasteiger partial charge in [-0.3, -0.25) is 0 Å². The van der Waals surface area contributed by atoms with Crippen molar-refractivity contribution in [1.29, 1.82) is 0 Å². The monoisotopic (exact) mass is 272 g/mol. The molecule has 0 bridgehead atoms. The molecule has 1 aromatic heterocycles. The number of anilines is 1. The Morgan fingerprint density at radius 1 is 1.12 bits per heavy atom. The maximum atomic E-state index is 5.95. The van der Waals surface area contributed by atoms with Crippen molar-refractivity contribution in [2.45, 2.75) is 43.5 Å². The van der Waals surface area contributed by atoms with E-state index in [1.165, 1.54) is 19.3 Å². The van der Waals surface area contributed by atoms with Crippen LogP contribution in [0.1, 0.15) is 33.1 Å². The summed E-state index contributed by atoms with van der Waals surface area (Å²) in [5.41, 5.74) is 0. The molecular formula is C11H17ClN4S. The van der Waals surface area contributed by atoms with E-state index in [1.54, 1.807) is 11.8 Å². The van der Waals surface area contributed by atoms with E-state index in [0.717, 1.165) is 24.2 Å². The van der Waals surface area contributed by atoms with Gasteiger partial charge in [0.05, 0.1) is 0 Å². The molecule has 2 rings (SSSR count). The number of thioether (sulfide) groups is 1. The predicted octanol–water partition coefficient (Wildman–Crippen LogP) is 3.02. The molecular weight excluding hydrogens is 256 g/mol. The van der Waals surface area contributed by atoms with E-state index < -0.39 is 0 Å². The fraction of sp³-hybridized carbons (Fsp3) is 0.727. The molecule has 94 valence electrons. The maximum Gasteiger partial charge on any atom is 0.230 e. The quantitative estimate of drug-likeness (QED) is 0.791. The SMILES string of the molecule is CC(C)Sc1nc(Cl)nc(N2CCCCC2)n1. The molecule has 17 heavy (non-hydrogen) atoms. The lowest BCUT2D eigenvalue weighted by atomic mass is 10.1. The zero-order chi connectivity index (χ0) is 12.3. The summed E-state index contributed by atoms with van der Waals surface area (Å²) in [6.45, 7) is 6.27. The number of piperidine rings is 1. The number of hydrogen-bond acceptors (Lipinski definition) is 5. The van der Waals surface area contributed by atoms with E-state index in [2.05, 4.69) is 33.7 Å². The molecule has 1 fully saturated rings. The highest BCUT2D eigenvalue weighted by Crippen LogP contribution is 2.23. The molecule has 1 saturated heterocycles. The third-order valence-electron chi connectivity index (χ3n) is 2.56. The third-order valence-corrected chi connectivity index (χ3v) is 3.59. The van der Waals surface area contributed by atoms with Gasteiger partial charge in [0.25, 0.3) is 0 Å². The number of aromatic nitrogens is 3. The van der Waals surface area contributed by atoms with Gasteiger partial charge in [0.15, 0.2) is 5.16 Å². The second-order valence-corrected chi connectivity index (χ2v) is 6.28. The van der Waals surface area contributed by atoms with Crippen LogP contribution < -0.4 is 4.90 Å². The average molecular weight is 273 g/mol. The van der Waals surface area contributed by atoms with Gasteiger partial charge in [-0.25, -0.2) is 0 Å². The van der Waals surface area contributed by atoms with Crippen molar-refractivity contribution in [3.05, 3.63) is 5.28 Å². The normalized spacial score (nSPS) is 16.6. The van der Waals surface area contributed by atoms with Crippen molar-refractivity contribution >= 4 is 29.3 Å². The van der Waals surface area contributed by atoms with Crippen LogP contribution in [0.4, 0.5) is 5.95 Å². The van der Waals surface area contributed by atoms with E-state index >= 15 is 0 Å². The number of halogens is 1. The van der Waals surface area contributed by atoms with Crippen LogP contribution in [0.2, 0.25) is 5.28 Å². The first-order valence-electron chi connectivity index (χ1n) is 5.98. The Kier molecular flexibility index (Phi) is 4.45. The highest BCUT2D eigenvalue weighted by molar-refractivity contribution is 7.99. The van der Waals surface area contributed by atoms with E-state index in [-0.39, 0.29) is 0 Å². The summed E-state index contributed by atoms with van der Waals surface area (Å²) in [7, 11) is 0. The van der Waals surface area contributed by atoms with E-state index in [0.29, 0.717) is 10.5 Å². The Bertz CT molecular complexity index is 380. The van der Waals surface area contributed by atoms with Gasteiger partial charge in [0, 0.05) is 18.3 Å². The minimum Gasteiger partial charge on any atom is -0.341 e. The summed E-state index contributed by atoms with van der Waals surface area (Å²) < 4.78 is 0. The first-order valence-corrected chi connectivity index (χ1v) is 7.24. The van der Waals surface area contributed by atoms with Crippen molar-refractivity contribution in [2.75, 3.05) is 18.0 Å².